The van der Waals surface area contributed by atoms with E-state index in [-0.39, 0.29) is 12.7 Å². The Kier molecular flexibility index (Phi) is 19.4. The van der Waals surface area contributed by atoms with Crippen LogP contribution in [-0.2, 0) is 4.74 Å². The summed E-state index contributed by atoms with van der Waals surface area (Å²) in [6.07, 6.45) is 23.4. The van der Waals surface area contributed by atoms with Crippen molar-refractivity contribution >= 4 is 0 Å². The molecule has 0 amide bonds. The number of aliphatic hydroxyl groups is 1. The van der Waals surface area contributed by atoms with Crippen LogP contribution in [0.1, 0.15) is 104 Å². The predicted octanol–water partition coefficient (Wildman–Crippen LogP) is 6.42. The van der Waals surface area contributed by atoms with Crippen LogP contribution >= 0.6 is 0 Å². The molecular formula is C21H42O2. The van der Waals surface area contributed by atoms with E-state index in [0.717, 1.165) is 13.0 Å². The molecule has 0 aliphatic carbocycles. The zero-order chi connectivity index (χ0) is 17.0. The summed E-state index contributed by atoms with van der Waals surface area (Å²) in [5, 5.41) is 8.84. The van der Waals surface area contributed by atoms with Crippen LogP contribution in [0.4, 0.5) is 0 Å². The molecule has 0 aromatic heterocycles. The minimum absolute atomic E-state index is 0.00173. The minimum Gasteiger partial charge on any atom is -0.394 e. The molecule has 2 heteroatoms. The third-order valence-corrected chi connectivity index (χ3v) is 4.32. The van der Waals surface area contributed by atoms with Gasteiger partial charge in [-0.05, 0) is 39.0 Å². The fourth-order valence-corrected chi connectivity index (χ4v) is 2.69. The molecule has 0 aromatic rings. The molecule has 138 valence electrons. The molecule has 0 aliphatic heterocycles. The van der Waals surface area contributed by atoms with Crippen LogP contribution in [0.15, 0.2) is 12.2 Å². The molecule has 0 aromatic carbocycles. The van der Waals surface area contributed by atoms with Crippen LogP contribution in [0.25, 0.3) is 0 Å². The van der Waals surface area contributed by atoms with Crippen LogP contribution in [0, 0.1) is 0 Å². The van der Waals surface area contributed by atoms with Crippen molar-refractivity contribution in [1.29, 1.82) is 0 Å². The van der Waals surface area contributed by atoms with Gasteiger partial charge in [-0.25, -0.2) is 0 Å². The van der Waals surface area contributed by atoms with Crippen molar-refractivity contribution < 1.29 is 9.84 Å². The third-order valence-electron chi connectivity index (χ3n) is 4.32. The first kappa shape index (κ1) is 22.7. The summed E-state index contributed by atoms with van der Waals surface area (Å²) in [4.78, 5) is 0. The third kappa shape index (κ3) is 19.6. The fourth-order valence-electron chi connectivity index (χ4n) is 2.69. The van der Waals surface area contributed by atoms with Gasteiger partial charge in [0, 0.05) is 6.61 Å². The Morgan fingerprint density at radius 3 is 1.74 bits per heavy atom. The molecule has 0 bridgehead atoms. The van der Waals surface area contributed by atoms with E-state index in [0.29, 0.717) is 0 Å². The smallest absolute Gasteiger partial charge is 0.0777 e. The summed E-state index contributed by atoms with van der Waals surface area (Å²) in [5.41, 5.74) is 0. The molecule has 0 aliphatic rings. The van der Waals surface area contributed by atoms with Crippen molar-refractivity contribution in [3.05, 3.63) is 12.2 Å². The number of unbranched alkanes of at least 4 members (excludes halogenated alkanes) is 12. The molecule has 0 rings (SSSR count). The molecule has 23 heavy (non-hydrogen) atoms. The maximum absolute atomic E-state index is 8.84. The summed E-state index contributed by atoms with van der Waals surface area (Å²) in [6.45, 7) is 5.12. The average Bonchev–Trinajstić information content (AvgIpc) is 2.57. The molecule has 0 saturated carbocycles. The van der Waals surface area contributed by atoms with Gasteiger partial charge < -0.3 is 9.84 Å². The first-order chi connectivity index (χ1) is 11.3. The van der Waals surface area contributed by atoms with Gasteiger partial charge in [-0.15, -0.1) is 0 Å². The van der Waals surface area contributed by atoms with E-state index in [9.17, 15) is 0 Å². The lowest BCUT2D eigenvalue weighted by Gasteiger charge is -2.09. The SMILES string of the molecule is CCCCCCCCC=CCCCCCCCCOC(C)CO. The average molecular weight is 327 g/mol. The maximum Gasteiger partial charge on any atom is 0.0777 e. The Morgan fingerprint density at radius 1 is 0.739 bits per heavy atom. The second-order valence-corrected chi connectivity index (χ2v) is 6.80. The van der Waals surface area contributed by atoms with Crippen LogP contribution in [0.2, 0.25) is 0 Å². The van der Waals surface area contributed by atoms with Crippen molar-refractivity contribution in [3.8, 4) is 0 Å². The standard InChI is InChI=1S/C21H42O2/c1-3-4-5-6-7-8-9-10-11-12-13-14-15-16-17-18-19-23-21(2)20-22/h10-11,21-22H,3-9,12-20H2,1-2H3. The van der Waals surface area contributed by atoms with Crippen LogP contribution in [-0.4, -0.2) is 24.4 Å². The number of rotatable bonds is 18. The number of hydrogen-bond donors (Lipinski definition) is 1. The highest BCUT2D eigenvalue weighted by atomic mass is 16.5. The summed E-state index contributed by atoms with van der Waals surface area (Å²) in [6, 6.07) is 0. The van der Waals surface area contributed by atoms with Gasteiger partial charge in [0.1, 0.15) is 0 Å². The Labute approximate surface area is 145 Å². The quantitative estimate of drug-likeness (QED) is 0.232. The molecule has 0 saturated heterocycles. The first-order valence-electron chi connectivity index (χ1n) is 10.2. The predicted molar refractivity (Wildman–Crippen MR) is 102 cm³/mol. The van der Waals surface area contributed by atoms with E-state index >= 15 is 0 Å². The summed E-state index contributed by atoms with van der Waals surface area (Å²) >= 11 is 0. The summed E-state index contributed by atoms with van der Waals surface area (Å²) in [5.74, 6) is 0. The Morgan fingerprint density at radius 2 is 1.22 bits per heavy atom. The lowest BCUT2D eigenvalue weighted by atomic mass is 10.1. The van der Waals surface area contributed by atoms with E-state index in [2.05, 4.69) is 19.1 Å². The largest absolute Gasteiger partial charge is 0.394 e. The molecule has 0 heterocycles. The van der Waals surface area contributed by atoms with E-state index in [4.69, 9.17) is 9.84 Å². The second kappa shape index (κ2) is 19.7. The van der Waals surface area contributed by atoms with Crippen molar-refractivity contribution in [3.63, 3.8) is 0 Å². The molecule has 1 N–H and O–H groups in total. The van der Waals surface area contributed by atoms with E-state index in [1.54, 1.807) is 0 Å². The number of ether oxygens (including phenoxy) is 1. The van der Waals surface area contributed by atoms with Gasteiger partial charge in [0.05, 0.1) is 12.7 Å². The second-order valence-electron chi connectivity index (χ2n) is 6.80. The van der Waals surface area contributed by atoms with Gasteiger partial charge in [-0.2, -0.15) is 0 Å². The topological polar surface area (TPSA) is 29.5 Å². The van der Waals surface area contributed by atoms with E-state index in [1.165, 1.54) is 83.5 Å². The normalized spacial score (nSPS) is 13.0. The van der Waals surface area contributed by atoms with E-state index in [1.807, 2.05) is 6.92 Å². The zero-order valence-electron chi connectivity index (χ0n) is 15.9. The Bertz CT molecular complexity index is 238. The monoisotopic (exact) mass is 326 g/mol. The van der Waals surface area contributed by atoms with Crippen LogP contribution in [0.5, 0.6) is 0 Å². The fraction of sp³-hybridized carbons (Fsp3) is 0.905. The molecule has 0 spiro atoms. The number of allylic oxidation sites excluding steroid dienone is 2. The highest BCUT2D eigenvalue weighted by Gasteiger charge is 1.98. The zero-order valence-corrected chi connectivity index (χ0v) is 15.9. The molecular weight excluding hydrogens is 284 g/mol. The summed E-state index contributed by atoms with van der Waals surface area (Å²) < 4.78 is 5.45. The maximum atomic E-state index is 8.84. The molecule has 1 unspecified atom stereocenters. The highest BCUT2D eigenvalue weighted by molar-refractivity contribution is 4.81. The van der Waals surface area contributed by atoms with Crippen molar-refractivity contribution in [2.45, 2.75) is 110 Å². The van der Waals surface area contributed by atoms with Crippen molar-refractivity contribution in [2.24, 2.45) is 0 Å². The Balaban J connectivity index is 3.08. The van der Waals surface area contributed by atoms with E-state index < -0.39 is 0 Å². The van der Waals surface area contributed by atoms with Gasteiger partial charge in [0.15, 0.2) is 0 Å². The van der Waals surface area contributed by atoms with Crippen molar-refractivity contribution in [1.82, 2.24) is 0 Å². The summed E-state index contributed by atoms with van der Waals surface area (Å²) in [7, 11) is 0. The number of aliphatic hydroxyl groups excluding tert-OH is 1. The minimum atomic E-state index is -0.00173. The Hall–Kier alpha value is -0.340. The highest BCUT2D eigenvalue weighted by Crippen LogP contribution is 2.10. The first-order valence-corrected chi connectivity index (χ1v) is 10.2. The molecule has 1 atom stereocenters. The van der Waals surface area contributed by atoms with Gasteiger partial charge in [-0.3, -0.25) is 0 Å². The van der Waals surface area contributed by atoms with Crippen LogP contribution in [0.3, 0.4) is 0 Å². The molecule has 0 fully saturated rings. The number of hydrogen-bond acceptors (Lipinski definition) is 2. The van der Waals surface area contributed by atoms with Gasteiger partial charge in [-0.1, -0.05) is 76.9 Å². The van der Waals surface area contributed by atoms with Gasteiger partial charge in [0.2, 0.25) is 0 Å². The molecule has 2 nitrogen and oxygen atoms in total. The van der Waals surface area contributed by atoms with Crippen LogP contribution < -0.4 is 0 Å². The lowest BCUT2D eigenvalue weighted by Crippen LogP contribution is -2.13. The molecule has 0 radical (unpaired) electrons. The van der Waals surface area contributed by atoms with Gasteiger partial charge in [0.25, 0.3) is 0 Å². The lowest BCUT2D eigenvalue weighted by molar-refractivity contribution is 0.0231. The van der Waals surface area contributed by atoms with Gasteiger partial charge >= 0.3 is 0 Å². The van der Waals surface area contributed by atoms with Crippen molar-refractivity contribution in [2.75, 3.05) is 13.2 Å².